The molecule has 0 saturated carbocycles. The van der Waals surface area contributed by atoms with Crippen LogP contribution < -0.4 is 9.47 Å². The normalized spacial score (nSPS) is 12.0. The van der Waals surface area contributed by atoms with Gasteiger partial charge in [0.05, 0.1) is 11.1 Å². The molecule has 41 heavy (non-hydrogen) atoms. The van der Waals surface area contributed by atoms with Gasteiger partial charge in [-0.05, 0) is 83.9 Å². The van der Waals surface area contributed by atoms with E-state index in [0.717, 1.165) is 48.5 Å². The van der Waals surface area contributed by atoms with Crippen LogP contribution in [0.2, 0.25) is 0 Å². The lowest BCUT2D eigenvalue weighted by molar-refractivity contribution is -0.288. The summed E-state index contributed by atoms with van der Waals surface area (Å²) in [5, 5.41) is 18.0. The number of ether oxygens (including phenoxy) is 2. The molecule has 0 aromatic heterocycles. The van der Waals surface area contributed by atoms with Crippen LogP contribution in [0.1, 0.15) is 31.8 Å². The summed E-state index contributed by atoms with van der Waals surface area (Å²) >= 11 is 0. The van der Waals surface area contributed by atoms with E-state index in [0.29, 0.717) is 24.3 Å². The van der Waals surface area contributed by atoms with Crippen molar-refractivity contribution in [2.45, 2.75) is 17.8 Å². The minimum Gasteiger partial charge on any atom is -0.478 e. The lowest BCUT2D eigenvalue weighted by Gasteiger charge is -2.38. The van der Waals surface area contributed by atoms with Gasteiger partial charge in [-0.3, -0.25) is 0 Å². The highest BCUT2D eigenvalue weighted by Gasteiger charge is 2.72. The highest BCUT2D eigenvalue weighted by molar-refractivity contribution is 5.88. The molecule has 12 heteroatoms. The highest BCUT2D eigenvalue weighted by atomic mass is 19.4. The fraction of sp³-hybridized carbons (Fsp3) is 0.103. The molecule has 2 N–H and O–H groups in total. The Morgan fingerprint density at radius 1 is 0.512 bits per heavy atom. The van der Waals surface area contributed by atoms with Crippen molar-refractivity contribution in [3.05, 3.63) is 119 Å². The third-order valence-electron chi connectivity index (χ3n) is 6.06. The molecule has 0 fully saturated rings. The molecule has 0 spiro atoms. The predicted molar refractivity (Wildman–Crippen MR) is 133 cm³/mol. The van der Waals surface area contributed by atoms with Gasteiger partial charge in [0.1, 0.15) is 23.0 Å². The number of alkyl halides is 6. The van der Waals surface area contributed by atoms with Crippen LogP contribution in [0.5, 0.6) is 23.0 Å². The molecule has 4 rings (SSSR count). The van der Waals surface area contributed by atoms with Gasteiger partial charge in [0.15, 0.2) is 0 Å². The topological polar surface area (TPSA) is 93.1 Å². The van der Waals surface area contributed by atoms with E-state index in [2.05, 4.69) is 0 Å². The first-order valence-electron chi connectivity index (χ1n) is 11.6. The Labute approximate surface area is 228 Å². The average molecular weight is 576 g/mol. The van der Waals surface area contributed by atoms with Gasteiger partial charge >= 0.3 is 24.3 Å². The van der Waals surface area contributed by atoms with Crippen molar-refractivity contribution in [1.29, 1.82) is 0 Å². The van der Waals surface area contributed by atoms with E-state index in [-0.39, 0.29) is 34.1 Å². The minimum absolute atomic E-state index is 0.0129. The molecule has 0 atom stereocenters. The molecule has 0 bridgehead atoms. The molecule has 0 aliphatic heterocycles. The molecule has 0 heterocycles. The summed E-state index contributed by atoms with van der Waals surface area (Å²) in [6, 6.07) is 16.4. The maximum absolute atomic E-state index is 14.7. The van der Waals surface area contributed by atoms with Crippen molar-refractivity contribution >= 4 is 11.9 Å². The van der Waals surface area contributed by atoms with Crippen molar-refractivity contribution in [2.24, 2.45) is 0 Å². The summed E-state index contributed by atoms with van der Waals surface area (Å²) in [6.07, 6.45) is -11.8. The number of carboxylic acid groups (broad SMARTS) is 2. The Morgan fingerprint density at radius 2 is 0.854 bits per heavy atom. The zero-order chi connectivity index (χ0) is 30.0. The molecule has 0 radical (unpaired) electrons. The summed E-state index contributed by atoms with van der Waals surface area (Å²) in [6.45, 7) is 0. The van der Waals surface area contributed by atoms with Crippen molar-refractivity contribution in [3.8, 4) is 23.0 Å². The monoisotopic (exact) mass is 576 g/mol. The zero-order valence-corrected chi connectivity index (χ0v) is 20.5. The number of rotatable bonds is 8. The fourth-order valence-electron chi connectivity index (χ4n) is 4.17. The van der Waals surface area contributed by atoms with E-state index in [9.17, 15) is 35.9 Å². The lowest BCUT2D eigenvalue weighted by Crippen LogP contribution is -2.54. The minimum atomic E-state index is -5.88. The second-order valence-corrected chi connectivity index (χ2v) is 8.66. The van der Waals surface area contributed by atoms with Gasteiger partial charge in [-0.25, -0.2) is 9.59 Å². The van der Waals surface area contributed by atoms with E-state index in [1.54, 1.807) is 0 Å². The predicted octanol–water partition coefficient (Wildman–Crippen LogP) is 8.08. The molecule has 0 unspecified atom stereocenters. The third kappa shape index (κ3) is 5.81. The van der Waals surface area contributed by atoms with E-state index in [4.69, 9.17) is 19.7 Å². The Hall–Kier alpha value is -5.00. The Balaban J connectivity index is 1.78. The second-order valence-electron chi connectivity index (χ2n) is 8.66. The number of hydrogen-bond donors (Lipinski definition) is 2. The van der Waals surface area contributed by atoms with Crippen molar-refractivity contribution in [2.75, 3.05) is 0 Å². The summed E-state index contributed by atoms with van der Waals surface area (Å²) in [4.78, 5) is 22.1. The van der Waals surface area contributed by atoms with E-state index in [1.165, 1.54) is 24.3 Å². The second kappa shape index (κ2) is 10.9. The van der Waals surface area contributed by atoms with Gasteiger partial charge < -0.3 is 19.7 Å². The van der Waals surface area contributed by atoms with Crippen LogP contribution >= 0.6 is 0 Å². The number of benzene rings is 4. The third-order valence-corrected chi connectivity index (χ3v) is 6.06. The summed E-state index contributed by atoms with van der Waals surface area (Å²) < 4.78 is 99.0. The molecular formula is C29H18F6O6. The maximum atomic E-state index is 14.7. The molecule has 0 aliphatic rings. The van der Waals surface area contributed by atoms with Crippen LogP contribution in [-0.4, -0.2) is 34.5 Å². The standard InChI is InChI=1S/C29H18F6O6/c30-28(31,32)27(29(33,34)35,19-3-1-5-23(15-19)40-21-11-7-17(8-12-21)25(36)37)20-4-2-6-24(16-20)41-22-13-9-18(10-14-22)26(38)39/h1-16H,(H,36,37)(H,38,39). The van der Waals surface area contributed by atoms with Gasteiger partial charge in [-0.2, -0.15) is 26.3 Å². The first-order chi connectivity index (χ1) is 19.2. The summed E-state index contributed by atoms with van der Waals surface area (Å²) in [5.41, 5.74) is -7.06. The molecular weight excluding hydrogens is 558 g/mol. The zero-order valence-electron chi connectivity index (χ0n) is 20.5. The van der Waals surface area contributed by atoms with E-state index in [1.807, 2.05) is 0 Å². The van der Waals surface area contributed by atoms with Crippen molar-refractivity contribution < 1.29 is 55.6 Å². The molecule has 0 saturated heterocycles. The molecule has 212 valence electrons. The Bertz CT molecular complexity index is 1440. The van der Waals surface area contributed by atoms with Gasteiger partial charge in [0, 0.05) is 0 Å². The van der Waals surface area contributed by atoms with E-state index < -0.39 is 40.8 Å². The van der Waals surface area contributed by atoms with Crippen LogP contribution in [0.25, 0.3) is 0 Å². The van der Waals surface area contributed by atoms with Gasteiger partial charge in [-0.1, -0.05) is 24.3 Å². The van der Waals surface area contributed by atoms with Crippen molar-refractivity contribution in [3.63, 3.8) is 0 Å². The first kappa shape index (κ1) is 29.0. The highest BCUT2D eigenvalue weighted by Crippen LogP contribution is 2.57. The maximum Gasteiger partial charge on any atom is 0.411 e. The van der Waals surface area contributed by atoms with Gasteiger partial charge in [-0.15, -0.1) is 0 Å². The number of hydrogen-bond acceptors (Lipinski definition) is 4. The SMILES string of the molecule is O=C(O)c1ccc(Oc2cccc(C(c3cccc(Oc4ccc(C(=O)O)cc4)c3)(C(F)(F)F)C(F)(F)F)c2)cc1. The Kier molecular flexibility index (Phi) is 7.69. The molecule has 4 aromatic carbocycles. The molecule has 6 nitrogen and oxygen atoms in total. The molecule has 4 aromatic rings. The fourth-order valence-corrected chi connectivity index (χ4v) is 4.17. The summed E-state index contributed by atoms with van der Waals surface area (Å²) in [5.74, 6) is -3.20. The van der Waals surface area contributed by atoms with Crippen LogP contribution in [0.4, 0.5) is 26.3 Å². The van der Waals surface area contributed by atoms with Crippen molar-refractivity contribution in [1.82, 2.24) is 0 Å². The number of halogens is 6. The van der Waals surface area contributed by atoms with Crippen LogP contribution in [0, 0.1) is 0 Å². The Morgan fingerprint density at radius 3 is 1.15 bits per heavy atom. The summed E-state index contributed by atoms with van der Waals surface area (Å²) in [7, 11) is 0. The van der Waals surface area contributed by atoms with E-state index >= 15 is 0 Å². The number of carboxylic acids is 2. The largest absolute Gasteiger partial charge is 0.478 e. The lowest BCUT2D eigenvalue weighted by atomic mass is 9.73. The average Bonchev–Trinajstić information content (AvgIpc) is 2.88. The number of aromatic carboxylic acids is 2. The quantitative estimate of drug-likeness (QED) is 0.206. The smallest absolute Gasteiger partial charge is 0.411 e. The molecule has 0 aliphatic carbocycles. The van der Waals surface area contributed by atoms with Crippen LogP contribution in [0.15, 0.2) is 97.1 Å². The van der Waals surface area contributed by atoms with Crippen LogP contribution in [0.3, 0.4) is 0 Å². The van der Waals surface area contributed by atoms with Gasteiger partial charge in [0.2, 0.25) is 5.41 Å². The number of carbonyl (C=O) groups is 2. The first-order valence-corrected chi connectivity index (χ1v) is 11.6. The van der Waals surface area contributed by atoms with Crippen LogP contribution in [-0.2, 0) is 5.41 Å². The van der Waals surface area contributed by atoms with Gasteiger partial charge in [0.25, 0.3) is 0 Å². The molecule has 0 amide bonds.